The number of methoxy groups -OCH3 is 1. The minimum Gasteiger partial charge on any atom is -0.497 e. The average molecular weight is 459 g/mol. The highest BCUT2D eigenvalue weighted by atomic mass is 16.5. The second kappa shape index (κ2) is 9.27. The van der Waals surface area contributed by atoms with Crippen LogP contribution in [0.1, 0.15) is 18.1 Å². The van der Waals surface area contributed by atoms with Gasteiger partial charge in [-0.2, -0.15) is 0 Å². The fourth-order valence-corrected chi connectivity index (χ4v) is 3.79. The molecule has 34 heavy (non-hydrogen) atoms. The van der Waals surface area contributed by atoms with E-state index in [0.29, 0.717) is 16.9 Å². The summed E-state index contributed by atoms with van der Waals surface area (Å²) in [6, 6.07) is 21.3. The van der Waals surface area contributed by atoms with Gasteiger partial charge in [-0.15, -0.1) is 0 Å². The van der Waals surface area contributed by atoms with Crippen molar-refractivity contribution in [1.82, 2.24) is 10.2 Å². The average Bonchev–Trinajstić information content (AvgIpc) is 3.05. The number of aryl methyl sites for hydroxylation is 1. The van der Waals surface area contributed by atoms with Gasteiger partial charge in [0.25, 0.3) is 5.91 Å². The Hall–Kier alpha value is -4.33. The second-order valence-electron chi connectivity index (χ2n) is 8.26. The number of para-hydroxylation sites is 2. The maximum Gasteiger partial charge on any atom is 0.325 e. The summed E-state index contributed by atoms with van der Waals surface area (Å²) in [5.41, 5.74) is 2.49. The Bertz CT molecular complexity index is 1220. The molecule has 0 saturated carbocycles. The zero-order chi connectivity index (χ0) is 24.3. The first-order valence-electron chi connectivity index (χ1n) is 10.8. The van der Waals surface area contributed by atoms with E-state index < -0.39 is 29.9 Å². The summed E-state index contributed by atoms with van der Waals surface area (Å²) < 4.78 is 5.17. The van der Waals surface area contributed by atoms with Crippen molar-refractivity contribution < 1.29 is 19.1 Å². The first kappa shape index (κ1) is 22.8. The predicted octanol–water partition coefficient (Wildman–Crippen LogP) is 4.15. The van der Waals surface area contributed by atoms with E-state index in [1.807, 2.05) is 55.5 Å². The molecule has 8 nitrogen and oxygen atoms in total. The molecule has 4 rings (SSSR count). The van der Waals surface area contributed by atoms with Gasteiger partial charge in [0.2, 0.25) is 5.91 Å². The van der Waals surface area contributed by atoms with Crippen LogP contribution in [0.25, 0.3) is 0 Å². The van der Waals surface area contributed by atoms with Crippen molar-refractivity contribution in [3.63, 3.8) is 0 Å². The number of imide groups is 1. The number of carbonyl (C=O) groups excluding carboxylic acids is 3. The fourth-order valence-electron chi connectivity index (χ4n) is 3.79. The topological polar surface area (TPSA) is 99.8 Å². The van der Waals surface area contributed by atoms with Crippen molar-refractivity contribution >= 4 is 34.9 Å². The number of hydrogen-bond donors (Lipinski definition) is 3. The van der Waals surface area contributed by atoms with Gasteiger partial charge in [-0.25, -0.2) is 4.79 Å². The molecule has 174 valence electrons. The normalized spacial score (nSPS) is 17.3. The van der Waals surface area contributed by atoms with Crippen molar-refractivity contribution in [2.75, 3.05) is 24.3 Å². The largest absolute Gasteiger partial charge is 0.497 e. The lowest BCUT2D eigenvalue weighted by Crippen LogP contribution is -2.42. The molecule has 1 heterocycles. The first-order valence-corrected chi connectivity index (χ1v) is 10.8. The molecule has 8 heteroatoms. The molecule has 0 aliphatic carbocycles. The van der Waals surface area contributed by atoms with E-state index in [9.17, 15) is 14.4 Å². The van der Waals surface area contributed by atoms with Gasteiger partial charge in [-0.1, -0.05) is 42.0 Å². The molecule has 0 spiro atoms. The van der Waals surface area contributed by atoms with Gasteiger partial charge >= 0.3 is 6.03 Å². The fraction of sp³-hybridized carbons (Fsp3) is 0.192. The molecule has 0 unspecified atom stereocenters. The maximum absolute atomic E-state index is 13.1. The van der Waals surface area contributed by atoms with Crippen LogP contribution >= 0.6 is 0 Å². The lowest BCUT2D eigenvalue weighted by molar-refractivity contribution is -0.133. The highest BCUT2D eigenvalue weighted by Crippen LogP contribution is 2.30. The summed E-state index contributed by atoms with van der Waals surface area (Å²) in [6.07, 6.45) is 0. The Morgan fingerprint density at radius 1 is 0.971 bits per heavy atom. The maximum atomic E-state index is 13.1. The van der Waals surface area contributed by atoms with Gasteiger partial charge in [-0.05, 0) is 55.8 Å². The number of carbonyl (C=O) groups is 3. The van der Waals surface area contributed by atoms with E-state index in [1.54, 1.807) is 38.3 Å². The molecule has 0 aromatic heterocycles. The molecular weight excluding hydrogens is 432 g/mol. The molecule has 3 aromatic rings. The number of amides is 4. The monoisotopic (exact) mass is 458 g/mol. The minimum atomic E-state index is -1.22. The van der Waals surface area contributed by atoms with E-state index in [2.05, 4.69) is 16.0 Å². The summed E-state index contributed by atoms with van der Waals surface area (Å²) in [4.78, 5) is 39.4. The van der Waals surface area contributed by atoms with Gasteiger partial charge in [0.15, 0.2) is 0 Å². The van der Waals surface area contributed by atoms with E-state index in [0.717, 1.165) is 21.9 Å². The number of benzene rings is 3. The standard InChI is InChI=1S/C26H26N4O4/c1-17-8-10-18(11-9-17)26(2)24(32)30(25(33)29-26)16-23(31)28-22-7-5-4-6-21(22)27-19-12-14-20(34-3)15-13-19/h4-15,27H,16H2,1-3H3,(H,28,31)(H,29,33)/t26-/m0/s1. The van der Waals surface area contributed by atoms with Gasteiger partial charge in [0.05, 0.1) is 18.5 Å². The van der Waals surface area contributed by atoms with Crippen LogP contribution in [0.15, 0.2) is 72.8 Å². The van der Waals surface area contributed by atoms with Crippen molar-refractivity contribution in [1.29, 1.82) is 0 Å². The van der Waals surface area contributed by atoms with E-state index >= 15 is 0 Å². The quantitative estimate of drug-likeness (QED) is 0.462. The van der Waals surface area contributed by atoms with Crippen molar-refractivity contribution in [3.8, 4) is 5.75 Å². The number of nitrogens with zero attached hydrogens (tertiary/aromatic N) is 1. The summed E-state index contributed by atoms with van der Waals surface area (Å²) in [6.45, 7) is 3.19. The predicted molar refractivity (Wildman–Crippen MR) is 130 cm³/mol. The summed E-state index contributed by atoms with van der Waals surface area (Å²) in [5, 5.41) is 8.77. The molecule has 1 atom stereocenters. The third-order valence-electron chi connectivity index (χ3n) is 5.78. The number of ether oxygens (including phenoxy) is 1. The Morgan fingerprint density at radius 3 is 2.26 bits per heavy atom. The van der Waals surface area contributed by atoms with Crippen molar-refractivity contribution in [2.45, 2.75) is 19.4 Å². The van der Waals surface area contributed by atoms with Crippen LogP contribution in [0.4, 0.5) is 21.9 Å². The minimum absolute atomic E-state index is 0.400. The Labute approximate surface area is 197 Å². The highest BCUT2D eigenvalue weighted by Gasteiger charge is 2.49. The molecule has 4 amide bonds. The van der Waals surface area contributed by atoms with Crippen LogP contribution in [0, 0.1) is 6.92 Å². The van der Waals surface area contributed by atoms with Crippen LogP contribution < -0.4 is 20.7 Å². The molecule has 3 N–H and O–H groups in total. The molecule has 1 aliphatic heterocycles. The zero-order valence-electron chi connectivity index (χ0n) is 19.2. The molecule has 0 radical (unpaired) electrons. The summed E-state index contributed by atoms with van der Waals surface area (Å²) >= 11 is 0. The van der Waals surface area contributed by atoms with Crippen LogP contribution in [-0.2, 0) is 15.1 Å². The van der Waals surface area contributed by atoms with Gasteiger partial charge in [-0.3, -0.25) is 14.5 Å². The van der Waals surface area contributed by atoms with E-state index in [1.165, 1.54) is 0 Å². The second-order valence-corrected chi connectivity index (χ2v) is 8.26. The van der Waals surface area contributed by atoms with Crippen LogP contribution in [0.2, 0.25) is 0 Å². The van der Waals surface area contributed by atoms with Crippen LogP contribution in [0.5, 0.6) is 5.75 Å². The SMILES string of the molecule is COc1ccc(Nc2ccccc2NC(=O)CN2C(=O)N[C@@](C)(c3ccc(C)cc3)C2=O)cc1. The van der Waals surface area contributed by atoms with E-state index in [-0.39, 0.29) is 0 Å². The smallest absolute Gasteiger partial charge is 0.325 e. The number of nitrogens with one attached hydrogen (secondary N) is 3. The van der Waals surface area contributed by atoms with Crippen LogP contribution in [-0.4, -0.2) is 36.4 Å². The molecule has 0 bridgehead atoms. The zero-order valence-corrected chi connectivity index (χ0v) is 19.2. The Balaban J connectivity index is 1.46. The number of rotatable bonds is 7. The van der Waals surface area contributed by atoms with Gasteiger partial charge in [0.1, 0.15) is 17.8 Å². The molecule has 1 fully saturated rings. The van der Waals surface area contributed by atoms with Crippen LogP contribution in [0.3, 0.4) is 0 Å². The summed E-state index contributed by atoms with van der Waals surface area (Å²) in [7, 11) is 1.60. The first-order chi connectivity index (χ1) is 16.3. The molecular formula is C26H26N4O4. The van der Waals surface area contributed by atoms with E-state index in [4.69, 9.17) is 4.74 Å². The third-order valence-corrected chi connectivity index (χ3v) is 5.78. The van der Waals surface area contributed by atoms with Gasteiger partial charge in [0, 0.05) is 5.69 Å². The summed E-state index contributed by atoms with van der Waals surface area (Å²) in [5.74, 6) is -0.222. The third kappa shape index (κ3) is 4.56. The number of anilines is 3. The highest BCUT2D eigenvalue weighted by molar-refractivity contribution is 6.10. The lowest BCUT2D eigenvalue weighted by Gasteiger charge is -2.22. The Kier molecular flexibility index (Phi) is 6.23. The van der Waals surface area contributed by atoms with Crippen molar-refractivity contribution in [2.24, 2.45) is 0 Å². The molecule has 1 saturated heterocycles. The van der Waals surface area contributed by atoms with Gasteiger partial charge < -0.3 is 20.7 Å². The number of hydrogen-bond acceptors (Lipinski definition) is 5. The van der Waals surface area contributed by atoms with Crippen molar-refractivity contribution in [3.05, 3.63) is 83.9 Å². The lowest BCUT2D eigenvalue weighted by atomic mass is 9.91. The molecule has 3 aromatic carbocycles. The number of urea groups is 1. The molecule has 1 aliphatic rings. The Morgan fingerprint density at radius 2 is 1.62 bits per heavy atom.